The topological polar surface area (TPSA) is 71.5 Å². The molecule has 1 aromatic heterocycles. The van der Waals surface area contributed by atoms with E-state index < -0.39 is 0 Å². The van der Waals surface area contributed by atoms with E-state index in [1.165, 1.54) is 0 Å². The van der Waals surface area contributed by atoms with Crippen molar-refractivity contribution < 1.29 is 14.3 Å². The molecule has 0 aliphatic carbocycles. The predicted octanol–water partition coefficient (Wildman–Crippen LogP) is 4.93. The fourth-order valence-electron chi connectivity index (χ4n) is 4.13. The van der Waals surface area contributed by atoms with Crippen LogP contribution in [-0.2, 0) is 4.74 Å². The number of pyridine rings is 1. The van der Waals surface area contributed by atoms with Gasteiger partial charge in [-0.1, -0.05) is 42.0 Å². The first kappa shape index (κ1) is 21.8. The van der Waals surface area contributed by atoms with Gasteiger partial charge in [-0.3, -0.25) is 9.59 Å². The Hall–Kier alpha value is -4.03. The monoisotopic (exact) mass is 451 g/mol. The van der Waals surface area contributed by atoms with E-state index in [1.54, 1.807) is 29.2 Å². The van der Waals surface area contributed by atoms with Gasteiger partial charge in [-0.15, -0.1) is 0 Å². The summed E-state index contributed by atoms with van der Waals surface area (Å²) in [5.41, 5.74) is 5.29. The Morgan fingerprint density at radius 3 is 2.38 bits per heavy atom. The average molecular weight is 452 g/mol. The van der Waals surface area contributed by atoms with Crippen LogP contribution in [0, 0.1) is 6.92 Å². The van der Waals surface area contributed by atoms with Crippen molar-refractivity contribution in [2.45, 2.75) is 6.92 Å². The number of rotatable bonds is 4. The van der Waals surface area contributed by atoms with Gasteiger partial charge in [-0.05, 0) is 49.4 Å². The highest BCUT2D eigenvalue weighted by atomic mass is 16.5. The maximum atomic E-state index is 13.4. The van der Waals surface area contributed by atoms with Crippen LogP contribution in [0.4, 0.5) is 5.69 Å². The molecule has 0 bridgehead atoms. The van der Waals surface area contributed by atoms with Crippen LogP contribution < -0.4 is 5.32 Å². The van der Waals surface area contributed by atoms with Crippen molar-refractivity contribution in [3.8, 4) is 11.3 Å². The lowest BCUT2D eigenvalue weighted by Gasteiger charge is -2.26. The molecule has 1 saturated heterocycles. The van der Waals surface area contributed by atoms with E-state index >= 15 is 0 Å². The number of aryl methyl sites for hydroxylation is 1. The third-order valence-electron chi connectivity index (χ3n) is 5.97. The van der Waals surface area contributed by atoms with Crippen LogP contribution in [0.5, 0.6) is 0 Å². The minimum Gasteiger partial charge on any atom is -0.378 e. The van der Waals surface area contributed by atoms with Crippen molar-refractivity contribution in [3.05, 3.63) is 95.6 Å². The summed E-state index contributed by atoms with van der Waals surface area (Å²) in [6, 6.07) is 24.6. The number of fused-ring (bicyclic) bond motifs is 1. The van der Waals surface area contributed by atoms with Crippen LogP contribution in [-0.4, -0.2) is 48.0 Å². The fraction of sp³-hybridized carbons (Fsp3) is 0.179. The van der Waals surface area contributed by atoms with Crippen LogP contribution in [0.1, 0.15) is 26.3 Å². The van der Waals surface area contributed by atoms with Crippen molar-refractivity contribution in [1.82, 2.24) is 9.88 Å². The molecule has 3 aromatic carbocycles. The second-order valence-electron chi connectivity index (χ2n) is 8.38. The van der Waals surface area contributed by atoms with Crippen molar-refractivity contribution in [2.75, 3.05) is 31.6 Å². The van der Waals surface area contributed by atoms with E-state index in [4.69, 9.17) is 9.72 Å². The number of anilines is 1. The zero-order valence-electron chi connectivity index (χ0n) is 19.0. The second kappa shape index (κ2) is 9.45. The van der Waals surface area contributed by atoms with Crippen molar-refractivity contribution in [1.29, 1.82) is 0 Å². The molecule has 0 saturated carbocycles. The Bertz CT molecular complexity index is 1340. The van der Waals surface area contributed by atoms with Gasteiger partial charge in [-0.25, -0.2) is 4.98 Å². The number of carbonyl (C=O) groups excluding carboxylic acids is 2. The number of carbonyl (C=O) groups is 2. The minimum atomic E-state index is -0.220. The number of benzene rings is 3. The lowest BCUT2D eigenvalue weighted by atomic mass is 10.0. The average Bonchev–Trinajstić information content (AvgIpc) is 2.89. The van der Waals surface area contributed by atoms with Gasteiger partial charge in [0.1, 0.15) is 0 Å². The summed E-state index contributed by atoms with van der Waals surface area (Å²) in [5, 5.41) is 3.78. The highest BCUT2D eigenvalue weighted by Gasteiger charge is 2.19. The standard InChI is InChI=1S/C28H25N3O3/c1-19-7-12-25-23(17-19)24(18-26(30-25)20-5-3-2-4-6-20)27(32)29-22-10-8-21(9-11-22)28(33)31-13-15-34-16-14-31/h2-12,17-18H,13-16H2,1H3,(H,29,32). The van der Waals surface area contributed by atoms with Gasteiger partial charge in [0, 0.05) is 35.3 Å². The first-order chi connectivity index (χ1) is 16.6. The lowest BCUT2D eigenvalue weighted by molar-refractivity contribution is 0.0303. The van der Waals surface area contributed by atoms with E-state index in [9.17, 15) is 9.59 Å². The third kappa shape index (κ3) is 4.54. The molecule has 0 spiro atoms. The van der Waals surface area contributed by atoms with E-state index in [2.05, 4.69) is 5.32 Å². The molecule has 1 fully saturated rings. The first-order valence-corrected chi connectivity index (χ1v) is 11.3. The molecule has 1 N–H and O–H groups in total. The van der Waals surface area contributed by atoms with Crippen molar-refractivity contribution in [2.24, 2.45) is 0 Å². The number of morpholine rings is 1. The quantitative estimate of drug-likeness (QED) is 0.477. The van der Waals surface area contributed by atoms with Gasteiger partial charge in [0.05, 0.1) is 30.0 Å². The van der Waals surface area contributed by atoms with Gasteiger partial charge in [0.2, 0.25) is 0 Å². The Kier molecular flexibility index (Phi) is 6.06. The van der Waals surface area contributed by atoms with E-state index in [1.807, 2.05) is 61.5 Å². The molecule has 0 radical (unpaired) electrons. The number of hydrogen-bond donors (Lipinski definition) is 1. The molecule has 2 heterocycles. The molecule has 1 aliphatic heterocycles. The molecular formula is C28H25N3O3. The summed E-state index contributed by atoms with van der Waals surface area (Å²) in [7, 11) is 0. The molecule has 0 atom stereocenters. The Morgan fingerprint density at radius 2 is 1.65 bits per heavy atom. The van der Waals surface area contributed by atoms with Crippen LogP contribution in [0.3, 0.4) is 0 Å². The number of hydrogen-bond acceptors (Lipinski definition) is 4. The van der Waals surface area contributed by atoms with Gasteiger partial charge >= 0.3 is 0 Å². The lowest BCUT2D eigenvalue weighted by Crippen LogP contribution is -2.40. The first-order valence-electron chi connectivity index (χ1n) is 11.3. The number of ether oxygens (including phenoxy) is 1. The van der Waals surface area contributed by atoms with Gasteiger partial charge in [-0.2, -0.15) is 0 Å². The summed E-state index contributed by atoms with van der Waals surface area (Å²) in [6.45, 7) is 4.30. The van der Waals surface area contributed by atoms with Crippen molar-refractivity contribution >= 4 is 28.4 Å². The highest BCUT2D eigenvalue weighted by Crippen LogP contribution is 2.26. The Labute approximate surface area is 198 Å². The fourth-order valence-corrected chi connectivity index (χ4v) is 4.13. The number of aromatic nitrogens is 1. The number of nitrogens with zero attached hydrogens (tertiary/aromatic N) is 2. The van der Waals surface area contributed by atoms with Crippen LogP contribution in [0.25, 0.3) is 22.2 Å². The second-order valence-corrected chi connectivity index (χ2v) is 8.38. The SMILES string of the molecule is Cc1ccc2nc(-c3ccccc3)cc(C(=O)Nc3ccc(C(=O)N4CCOCC4)cc3)c2c1. The van der Waals surface area contributed by atoms with E-state index in [-0.39, 0.29) is 11.8 Å². The maximum Gasteiger partial charge on any atom is 0.256 e. The van der Waals surface area contributed by atoms with Crippen molar-refractivity contribution in [3.63, 3.8) is 0 Å². The van der Waals surface area contributed by atoms with Gasteiger partial charge in [0.15, 0.2) is 0 Å². The van der Waals surface area contributed by atoms with E-state index in [0.29, 0.717) is 43.1 Å². The summed E-state index contributed by atoms with van der Waals surface area (Å²) in [4.78, 5) is 32.6. The van der Waals surface area contributed by atoms with E-state index in [0.717, 1.165) is 27.7 Å². The summed E-state index contributed by atoms with van der Waals surface area (Å²) < 4.78 is 5.32. The Morgan fingerprint density at radius 1 is 0.912 bits per heavy atom. The molecule has 0 unspecified atom stereocenters. The Balaban J connectivity index is 1.43. The summed E-state index contributed by atoms with van der Waals surface area (Å²) in [6.07, 6.45) is 0. The number of nitrogens with one attached hydrogen (secondary N) is 1. The molecule has 6 nitrogen and oxygen atoms in total. The molecular weight excluding hydrogens is 426 g/mol. The smallest absolute Gasteiger partial charge is 0.256 e. The maximum absolute atomic E-state index is 13.4. The molecule has 5 rings (SSSR count). The largest absolute Gasteiger partial charge is 0.378 e. The molecule has 4 aromatic rings. The predicted molar refractivity (Wildman–Crippen MR) is 133 cm³/mol. The van der Waals surface area contributed by atoms with Gasteiger partial charge in [0.25, 0.3) is 11.8 Å². The zero-order chi connectivity index (χ0) is 23.5. The van der Waals surface area contributed by atoms with Gasteiger partial charge < -0.3 is 15.0 Å². The normalized spacial score (nSPS) is 13.6. The molecule has 1 aliphatic rings. The number of amides is 2. The van der Waals surface area contributed by atoms with Crippen LogP contribution >= 0.6 is 0 Å². The highest BCUT2D eigenvalue weighted by molar-refractivity contribution is 6.13. The summed E-state index contributed by atoms with van der Waals surface area (Å²) in [5.74, 6) is -0.244. The molecule has 2 amide bonds. The molecule has 34 heavy (non-hydrogen) atoms. The van der Waals surface area contributed by atoms with Crippen LogP contribution in [0.2, 0.25) is 0 Å². The zero-order valence-corrected chi connectivity index (χ0v) is 19.0. The molecule has 170 valence electrons. The van der Waals surface area contributed by atoms with Crippen LogP contribution in [0.15, 0.2) is 78.9 Å². The minimum absolute atomic E-state index is 0.0238. The molecule has 6 heteroatoms. The third-order valence-corrected chi connectivity index (χ3v) is 5.97. The summed E-state index contributed by atoms with van der Waals surface area (Å²) >= 11 is 0.